The molecule has 0 amide bonds. The number of benzene rings is 1. The minimum Gasteiger partial charge on any atom is -0.489 e. The normalized spacial score (nSPS) is 22.9. The second kappa shape index (κ2) is 6.11. The summed E-state index contributed by atoms with van der Waals surface area (Å²) in [6.45, 7) is 2.24. The largest absolute Gasteiger partial charge is 0.489 e. The molecule has 1 saturated heterocycles. The quantitative estimate of drug-likeness (QED) is 0.791. The van der Waals surface area contributed by atoms with Crippen LogP contribution in [-0.4, -0.2) is 34.3 Å². The van der Waals surface area contributed by atoms with Crippen LogP contribution < -0.4 is 24.8 Å². The fraction of sp³-hybridized carbons (Fsp3) is 0.524. The van der Waals surface area contributed by atoms with Crippen LogP contribution in [0.5, 0.6) is 17.4 Å². The van der Waals surface area contributed by atoms with Gasteiger partial charge in [-0.2, -0.15) is 4.98 Å². The van der Waals surface area contributed by atoms with Crippen LogP contribution in [0.15, 0.2) is 23.0 Å². The first-order chi connectivity index (χ1) is 14.1. The smallest absolute Gasteiger partial charge is 0.352 e. The molecule has 2 aromatic rings. The van der Waals surface area contributed by atoms with Gasteiger partial charge in [-0.15, -0.1) is 0 Å². The van der Waals surface area contributed by atoms with Crippen molar-refractivity contribution in [3.05, 3.63) is 40.1 Å². The zero-order valence-electron chi connectivity index (χ0n) is 16.0. The molecule has 4 aliphatic rings. The van der Waals surface area contributed by atoms with Crippen LogP contribution in [0.4, 0.5) is 10.2 Å². The van der Waals surface area contributed by atoms with Crippen molar-refractivity contribution in [1.82, 2.24) is 9.55 Å². The molecule has 3 aliphatic heterocycles. The van der Waals surface area contributed by atoms with E-state index in [9.17, 15) is 9.18 Å². The predicted molar refractivity (Wildman–Crippen MR) is 102 cm³/mol. The molecule has 29 heavy (non-hydrogen) atoms. The number of anilines is 1. The molecule has 0 bridgehead atoms. The first-order valence-corrected chi connectivity index (χ1v) is 10.3. The SMILES string of the molecule is O=c1nc(OCc2cc(F)c3c(c2)OCCC2(CC2)O3)cc2n1CC1CCCN21. The Labute approximate surface area is 167 Å². The summed E-state index contributed by atoms with van der Waals surface area (Å²) >= 11 is 0. The molecule has 1 atom stereocenters. The standard InChI is InChI=1S/C21H22FN3O4/c22-15-8-13(9-16-19(15)29-21(3-4-21)5-7-27-16)12-28-17-10-18-24-6-1-2-14(24)11-25(18)20(26)23-17/h8-10,14H,1-7,11-12H2. The van der Waals surface area contributed by atoms with Gasteiger partial charge in [0.2, 0.25) is 5.88 Å². The monoisotopic (exact) mass is 399 g/mol. The van der Waals surface area contributed by atoms with Crippen LogP contribution in [0.3, 0.4) is 0 Å². The predicted octanol–water partition coefficient (Wildman–Crippen LogP) is 2.64. The van der Waals surface area contributed by atoms with Crippen molar-refractivity contribution in [3.63, 3.8) is 0 Å². The number of ether oxygens (including phenoxy) is 3. The third kappa shape index (κ3) is 2.84. The molecule has 7 nitrogen and oxygen atoms in total. The lowest BCUT2D eigenvalue weighted by molar-refractivity contribution is 0.163. The summed E-state index contributed by atoms with van der Waals surface area (Å²) in [6.07, 6.45) is 4.88. The fourth-order valence-corrected chi connectivity index (χ4v) is 4.67. The molecule has 1 aromatic carbocycles. The molecular weight excluding hydrogens is 377 g/mol. The van der Waals surface area contributed by atoms with E-state index in [0.717, 1.165) is 44.5 Å². The molecular formula is C21H22FN3O4. The van der Waals surface area contributed by atoms with Crippen molar-refractivity contribution < 1.29 is 18.6 Å². The van der Waals surface area contributed by atoms with Crippen molar-refractivity contribution in [2.24, 2.45) is 0 Å². The Morgan fingerprint density at radius 1 is 1.28 bits per heavy atom. The van der Waals surface area contributed by atoms with Crippen molar-refractivity contribution in [2.75, 3.05) is 18.1 Å². The van der Waals surface area contributed by atoms with Crippen LogP contribution in [0.2, 0.25) is 0 Å². The summed E-state index contributed by atoms with van der Waals surface area (Å²) in [5.41, 5.74) is 0.0677. The molecule has 8 heteroatoms. The van der Waals surface area contributed by atoms with Gasteiger partial charge >= 0.3 is 5.69 Å². The summed E-state index contributed by atoms with van der Waals surface area (Å²) in [6, 6.07) is 5.34. The van der Waals surface area contributed by atoms with Gasteiger partial charge in [-0.3, -0.25) is 4.57 Å². The first-order valence-electron chi connectivity index (χ1n) is 10.3. The van der Waals surface area contributed by atoms with E-state index in [4.69, 9.17) is 14.2 Å². The van der Waals surface area contributed by atoms with Gasteiger partial charge < -0.3 is 19.1 Å². The van der Waals surface area contributed by atoms with Gasteiger partial charge in [0.25, 0.3) is 0 Å². The molecule has 2 fully saturated rings. The van der Waals surface area contributed by atoms with E-state index in [1.54, 1.807) is 10.6 Å². The number of hydrogen-bond donors (Lipinski definition) is 0. The summed E-state index contributed by atoms with van der Waals surface area (Å²) in [4.78, 5) is 18.7. The zero-order valence-corrected chi connectivity index (χ0v) is 16.0. The van der Waals surface area contributed by atoms with E-state index in [-0.39, 0.29) is 29.5 Å². The summed E-state index contributed by atoms with van der Waals surface area (Å²) in [5.74, 6) is 1.28. The lowest BCUT2D eigenvalue weighted by Crippen LogP contribution is -2.24. The van der Waals surface area contributed by atoms with Crippen molar-refractivity contribution >= 4 is 5.82 Å². The van der Waals surface area contributed by atoms with Crippen molar-refractivity contribution in [1.29, 1.82) is 0 Å². The van der Waals surface area contributed by atoms with E-state index in [0.29, 0.717) is 30.5 Å². The van der Waals surface area contributed by atoms with Crippen molar-refractivity contribution in [3.8, 4) is 17.4 Å². The van der Waals surface area contributed by atoms with E-state index in [1.807, 2.05) is 6.07 Å². The van der Waals surface area contributed by atoms with Gasteiger partial charge in [0.05, 0.1) is 6.61 Å². The van der Waals surface area contributed by atoms with Gasteiger partial charge in [-0.05, 0) is 43.4 Å². The van der Waals surface area contributed by atoms with Crippen LogP contribution >= 0.6 is 0 Å². The lowest BCUT2D eigenvalue weighted by Gasteiger charge is -2.17. The number of nitrogens with zero attached hydrogens (tertiary/aromatic N) is 3. The molecule has 1 spiro atoms. The second-order valence-electron chi connectivity index (χ2n) is 8.41. The van der Waals surface area contributed by atoms with Gasteiger partial charge in [-0.1, -0.05) is 0 Å². The summed E-state index contributed by atoms with van der Waals surface area (Å²) in [7, 11) is 0. The first kappa shape index (κ1) is 17.1. The minimum atomic E-state index is -0.448. The van der Waals surface area contributed by atoms with E-state index >= 15 is 0 Å². The highest BCUT2D eigenvalue weighted by Crippen LogP contribution is 2.48. The molecule has 1 saturated carbocycles. The molecule has 6 rings (SSSR count). The number of aromatic nitrogens is 2. The van der Waals surface area contributed by atoms with Crippen LogP contribution in [-0.2, 0) is 13.2 Å². The Balaban J connectivity index is 1.24. The van der Waals surface area contributed by atoms with E-state index < -0.39 is 5.82 Å². The number of halogens is 1. The average Bonchev–Trinajstić information content (AvgIpc) is 3.21. The Morgan fingerprint density at radius 3 is 3.03 bits per heavy atom. The Kier molecular flexibility index (Phi) is 3.61. The Bertz CT molecular complexity index is 1050. The highest BCUT2D eigenvalue weighted by Gasteiger charge is 2.47. The average molecular weight is 399 g/mol. The van der Waals surface area contributed by atoms with Gasteiger partial charge in [0.15, 0.2) is 17.3 Å². The van der Waals surface area contributed by atoms with Gasteiger partial charge in [-0.25, -0.2) is 9.18 Å². The molecule has 0 N–H and O–H groups in total. The van der Waals surface area contributed by atoms with E-state index in [1.165, 1.54) is 6.07 Å². The number of rotatable bonds is 3. The Morgan fingerprint density at radius 2 is 2.17 bits per heavy atom. The lowest BCUT2D eigenvalue weighted by atomic mass is 10.2. The third-order valence-electron chi connectivity index (χ3n) is 6.43. The van der Waals surface area contributed by atoms with Crippen LogP contribution in [0.1, 0.15) is 37.7 Å². The highest BCUT2D eigenvalue weighted by molar-refractivity contribution is 5.48. The molecule has 4 heterocycles. The van der Waals surface area contributed by atoms with Gasteiger partial charge in [0.1, 0.15) is 18.0 Å². The zero-order chi connectivity index (χ0) is 19.6. The minimum absolute atomic E-state index is 0.0953. The maximum atomic E-state index is 14.7. The maximum Gasteiger partial charge on any atom is 0.352 e. The topological polar surface area (TPSA) is 65.8 Å². The molecule has 1 aromatic heterocycles. The summed E-state index contributed by atoms with van der Waals surface area (Å²) < 4.78 is 33.8. The molecule has 152 valence electrons. The Hall–Kier alpha value is -2.77. The molecule has 0 radical (unpaired) electrons. The van der Waals surface area contributed by atoms with Crippen molar-refractivity contribution in [2.45, 2.75) is 56.9 Å². The third-order valence-corrected chi connectivity index (χ3v) is 6.43. The maximum absolute atomic E-state index is 14.7. The number of fused-ring (bicyclic) bond motifs is 4. The molecule has 1 unspecified atom stereocenters. The molecule has 1 aliphatic carbocycles. The highest BCUT2D eigenvalue weighted by atomic mass is 19.1. The fourth-order valence-electron chi connectivity index (χ4n) is 4.67. The number of hydrogen-bond acceptors (Lipinski definition) is 6. The summed E-state index contributed by atoms with van der Waals surface area (Å²) in [5, 5.41) is 0. The van der Waals surface area contributed by atoms with Gasteiger partial charge in [0, 0.05) is 31.6 Å². The van der Waals surface area contributed by atoms with E-state index in [2.05, 4.69) is 9.88 Å². The van der Waals surface area contributed by atoms with Crippen LogP contribution in [0, 0.1) is 5.82 Å². The van der Waals surface area contributed by atoms with Crippen LogP contribution in [0.25, 0.3) is 0 Å². The second-order valence-corrected chi connectivity index (χ2v) is 8.41.